The average molecular weight is 504 g/mol. The van der Waals surface area contributed by atoms with E-state index in [9.17, 15) is 14.4 Å². The summed E-state index contributed by atoms with van der Waals surface area (Å²) in [5.74, 6) is -0.597. The van der Waals surface area contributed by atoms with Gasteiger partial charge in [-0.25, -0.2) is 4.99 Å². The van der Waals surface area contributed by atoms with Crippen molar-refractivity contribution in [3.05, 3.63) is 47.5 Å². The zero-order valence-electron chi connectivity index (χ0n) is 22.5. The number of carbonyl (C=O) groups is 3. The summed E-state index contributed by atoms with van der Waals surface area (Å²) in [6.45, 7) is 8.50. The highest BCUT2D eigenvalue weighted by atomic mass is 16.5. The number of aliphatic imine (C=N–C) groups is 1. The summed E-state index contributed by atoms with van der Waals surface area (Å²) in [6, 6.07) is 11.4. The number of rotatable bonds is 12. The Morgan fingerprint density at radius 2 is 1.59 bits per heavy atom. The van der Waals surface area contributed by atoms with Crippen LogP contribution in [0.15, 0.2) is 41.4 Å². The number of carbonyl (C=O) groups excluding carboxylic acids is 3. The molecule has 1 heterocycles. The minimum Gasteiger partial charge on any atom is -0.469 e. The van der Waals surface area contributed by atoms with Gasteiger partial charge in [0.05, 0.1) is 19.2 Å². The van der Waals surface area contributed by atoms with E-state index in [4.69, 9.17) is 10.1 Å². The molecule has 0 aliphatic heterocycles. The van der Waals surface area contributed by atoms with Gasteiger partial charge < -0.3 is 9.30 Å². The van der Waals surface area contributed by atoms with Gasteiger partial charge in [0.2, 0.25) is 5.78 Å². The Balaban J connectivity index is 2.09. The maximum atomic E-state index is 13.4. The lowest BCUT2D eigenvalue weighted by atomic mass is 9.90. The zero-order valence-corrected chi connectivity index (χ0v) is 22.5. The van der Waals surface area contributed by atoms with E-state index in [0.717, 1.165) is 54.0 Å². The topological polar surface area (TPSA) is 102 Å². The number of fused-ring (bicyclic) bond motifs is 3. The van der Waals surface area contributed by atoms with Crippen LogP contribution in [-0.4, -0.2) is 40.8 Å². The molecule has 2 aromatic carbocycles. The molecule has 1 aromatic heterocycles. The van der Waals surface area contributed by atoms with Crippen LogP contribution in [0.1, 0.15) is 86.9 Å². The number of amidine groups is 1. The number of Topliss-reactive ketones (excluding diaryl/α,β-unsaturated/α-hetero) is 2. The number of methoxy groups -OCH3 is 1. The molecule has 1 unspecified atom stereocenters. The van der Waals surface area contributed by atoms with Crippen LogP contribution in [0.3, 0.4) is 0 Å². The molecule has 0 fully saturated rings. The van der Waals surface area contributed by atoms with Crippen molar-refractivity contribution in [2.45, 2.75) is 72.8 Å². The second kappa shape index (κ2) is 12.6. The standard InChI is InChI=1S/C30H37N3O4/c1-6-9-10-20(7-2)29(35)21-11-14-26-23(17-21)24-18-22(12-15-27(24)33(26)8-3)30(36)25(32-19(4)31)13-16-28(34)37-5/h11-12,14-15,17-18,20,31H,6-10,13,16H2,1-5H3. The molecule has 0 spiro atoms. The predicted octanol–water partition coefficient (Wildman–Crippen LogP) is 6.79. The molecule has 1 N–H and O–H groups in total. The number of nitrogens with zero attached hydrogens (tertiary/aromatic N) is 2. The van der Waals surface area contributed by atoms with Crippen molar-refractivity contribution < 1.29 is 19.1 Å². The highest BCUT2D eigenvalue weighted by Crippen LogP contribution is 2.32. The first-order chi connectivity index (χ1) is 17.7. The summed E-state index contributed by atoms with van der Waals surface area (Å²) < 4.78 is 6.88. The number of ether oxygens (including phenoxy) is 1. The van der Waals surface area contributed by atoms with Gasteiger partial charge in [-0.15, -0.1) is 0 Å². The van der Waals surface area contributed by atoms with Crippen LogP contribution >= 0.6 is 0 Å². The molecular weight excluding hydrogens is 466 g/mol. The fraction of sp³-hybridized carbons (Fsp3) is 0.433. The molecular formula is C30H37N3O4. The molecule has 3 aromatic rings. The molecule has 0 amide bonds. The monoisotopic (exact) mass is 503 g/mol. The number of nitrogens with one attached hydrogen (secondary N) is 1. The van der Waals surface area contributed by atoms with Gasteiger partial charge in [-0.05, 0) is 63.1 Å². The second-order valence-corrected chi connectivity index (χ2v) is 9.37. The van der Waals surface area contributed by atoms with Crippen molar-refractivity contribution in [2.24, 2.45) is 10.9 Å². The van der Waals surface area contributed by atoms with E-state index in [1.54, 1.807) is 6.07 Å². The van der Waals surface area contributed by atoms with Crippen molar-refractivity contribution >= 4 is 50.9 Å². The van der Waals surface area contributed by atoms with Gasteiger partial charge >= 0.3 is 5.97 Å². The van der Waals surface area contributed by atoms with Gasteiger partial charge in [0.15, 0.2) is 5.78 Å². The lowest BCUT2D eigenvalue weighted by Crippen LogP contribution is -2.18. The molecule has 37 heavy (non-hydrogen) atoms. The zero-order chi connectivity index (χ0) is 27.1. The molecule has 196 valence electrons. The number of aryl methyl sites for hydroxylation is 1. The molecule has 0 saturated heterocycles. The SMILES string of the molecule is CCCCC(CC)C(=O)c1ccc2c(c1)c1cc(C(=O)C(CCC(=O)OC)=NC(C)=N)ccc1n2CC. The Morgan fingerprint density at radius 1 is 0.973 bits per heavy atom. The Hall–Kier alpha value is -3.61. The summed E-state index contributed by atoms with van der Waals surface area (Å²) in [7, 11) is 1.30. The van der Waals surface area contributed by atoms with Crippen molar-refractivity contribution in [2.75, 3.05) is 7.11 Å². The van der Waals surface area contributed by atoms with E-state index in [2.05, 4.69) is 30.3 Å². The van der Waals surface area contributed by atoms with Crippen LogP contribution in [-0.2, 0) is 16.1 Å². The molecule has 1 atom stereocenters. The average Bonchev–Trinajstić information content (AvgIpc) is 3.22. The fourth-order valence-corrected chi connectivity index (χ4v) is 4.86. The third-order valence-electron chi connectivity index (χ3n) is 6.86. The van der Waals surface area contributed by atoms with Crippen molar-refractivity contribution in [3.63, 3.8) is 0 Å². The first-order valence-electron chi connectivity index (χ1n) is 13.1. The summed E-state index contributed by atoms with van der Waals surface area (Å²) >= 11 is 0. The Labute approximate surface area is 218 Å². The largest absolute Gasteiger partial charge is 0.469 e. The molecule has 7 heteroatoms. The minimum absolute atomic E-state index is 0.00594. The Kier molecular flexibility index (Phi) is 9.50. The third-order valence-corrected chi connectivity index (χ3v) is 6.86. The number of aromatic nitrogens is 1. The number of unbranched alkanes of at least 4 members (excludes halogenated alkanes) is 1. The van der Waals surface area contributed by atoms with Crippen LogP contribution in [0.5, 0.6) is 0 Å². The fourth-order valence-electron chi connectivity index (χ4n) is 4.86. The van der Waals surface area contributed by atoms with Gasteiger partial charge in [-0.3, -0.25) is 19.8 Å². The van der Waals surface area contributed by atoms with Crippen LogP contribution in [0.4, 0.5) is 0 Å². The smallest absolute Gasteiger partial charge is 0.305 e. The maximum Gasteiger partial charge on any atom is 0.305 e. The third kappa shape index (κ3) is 6.21. The van der Waals surface area contributed by atoms with Crippen molar-refractivity contribution in [1.29, 1.82) is 5.41 Å². The molecule has 3 rings (SSSR count). The number of hydrogen-bond donors (Lipinski definition) is 1. The van der Waals surface area contributed by atoms with Gasteiger partial charge in [-0.2, -0.15) is 0 Å². The van der Waals surface area contributed by atoms with E-state index in [1.807, 2.05) is 30.3 Å². The van der Waals surface area contributed by atoms with Crippen LogP contribution in [0.25, 0.3) is 21.8 Å². The highest BCUT2D eigenvalue weighted by Gasteiger charge is 2.21. The van der Waals surface area contributed by atoms with Gasteiger partial charge in [-0.1, -0.05) is 26.7 Å². The highest BCUT2D eigenvalue weighted by molar-refractivity contribution is 6.47. The number of ketones is 2. The van der Waals surface area contributed by atoms with Gasteiger partial charge in [0.25, 0.3) is 0 Å². The van der Waals surface area contributed by atoms with Gasteiger partial charge in [0, 0.05) is 51.8 Å². The summed E-state index contributed by atoms with van der Waals surface area (Å²) in [5.41, 5.74) is 3.26. The van der Waals surface area contributed by atoms with E-state index in [1.165, 1.54) is 14.0 Å². The molecule has 0 aliphatic carbocycles. The Bertz CT molecular complexity index is 1370. The lowest BCUT2D eigenvalue weighted by Gasteiger charge is -2.13. The predicted molar refractivity (Wildman–Crippen MR) is 149 cm³/mol. The quantitative estimate of drug-likeness (QED) is 0.127. The Morgan fingerprint density at radius 3 is 2.14 bits per heavy atom. The normalized spacial score (nSPS) is 12.6. The summed E-state index contributed by atoms with van der Waals surface area (Å²) in [5, 5.41) is 9.56. The number of benzene rings is 2. The van der Waals surface area contributed by atoms with Crippen LogP contribution in [0, 0.1) is 11.3 Å². The van der Waals surface area contributed by atoms with Crippen molar-refractivity contribution in [1.82, 2.24) is 4.57 Å². The lowest BCUT2D eigenvalue weighted by molar-refractivity contribution is -0.140. The minimum atomic E-state index is -0.439. The molecule has 7 nitrogen and oxygen atoms in total. The summed E-state index contributed by atoms with van der Waals surface area (Å²) in [4.78, 5) is 42.5. The maximum absolute atomic E-state index is 13.4. The summed E-state index contributed by atoms with van der Waals surface area (Å²) in [6.07, 6.45) is 3.89. The molecule has 0 saturated carbocycles. The number of hydrogen-bond acceptors (Lipinski definition) is 5. The molecule has 0 aliphatic rings. The second-order valence-electron chi connectivity index (χ2n) is 9.37. The van der Waals surface area contributed by atoms with E-state index >= 15 is 0 Å². The first-order valence-corrected chi connectivity index (χ1v) is 13.1. The van der Waals surface area contributed by atoms with Crippen molar-refractivity contribution in [3.8, 4) is 0 Å². The molecule has 0 radical (unpaired) electrons. The van der Waals surface area contributed by atoms with E-state index in [0.29, 0.717) is 11.1 Å². The van der Waals surface area contributed by atoms with Gasteiger partial charge in [0.1, 0.15) is 5.84 Å². The van der Waals surface area contributed by atoms with Crippen LogP contribution in [0.2, 0.25) is 0 Å². The molecule has 0 bridgehead atoms. The van der Waals surface area contributed by atoms with Crippen LogP contribution < -0.4 is 0 Å². The number of esters is 1. The van der Waals surface area contributed by atoms with E-state index < -0.39 is 5.97 Å². The van der Waals surface area contributed by atoms with E-state index in [-0.39, 0.29) is 41.9 Å². The first kappa shape index (κ1) is 28.0.